The van der Waals surface area contributed by atoms with Crippen LogP contribution in [0.3, 0.4) is 0 Å². The van der Waals surface area contributed by atoms with E-state index < -0.39 is 10.0 Å². The summed E-state index contributed by atoms with van der Waals surface area (Å²) < 4.78 is 23.9. The topological polar surface area (TPSA) is 140 Å². The summed E-state index contributed by atoms with van der Waals surface area (Å²) in [4.78, 5) is 2.04. The maximum absolute atomic E-state index is 11.9. The number of hydrazone groups is 1. The van der Waals surface area contributed by atoms with E-state index in [0.29, 0.717) is 5.56 Å². The lowest BCUT2D eigenvalue weighted by Crippen LogP contribution is -2.23. The molecule has 28 heavy (non-hydrogen) atoms. The van der Waals surface area contributed by atoms with Crippen molar-refractivity contribution in [3.05, 3.63) is 53.6 Å². The second-order valence-corrected chi connectivity index (χ2v) is 8.30. The Balaban J connectivity index is 2.24. The van der Waals surface area contributed by atoms with Gasteiger partial charge in [-0.05, 0) is 56.4 Å². The molecule has 0 unspecified atom stereocenters. The Labute approximate surface area is 166 Å². The van der Waals surface area contributed by atoms with Crippen molar-refractivity contribution in [2.75, 3.05) is 27.2 Å². The molecule has 0 radical (unpaired) electrons. The molecule has 2 rings (SSSR count). The molecule has 0 spiro atoms. The Bertz CT molecular complexity index is 924. The van der Waals surface area contributed by atoms with E-state index in [1.807, 2.05) is 24.3 Å². The van der Waals surface area contributed by atoms with Crippen LogP contribution in [0.15, 0.2) is 52.5 Å². The molecule has 0 aliphatic carbocycles. The molecule has 2 aromatic carbocycles. The number of hydrogen-bond acceptors (Lipinski definition) is 6. The van der Waals surface area contributed by atoms with Crippen molar-refractivity contribution in [3.8, 4) is 11.1 Å². The zero-order valence-electron chi connectivity index (χ0n) is 16.2. The highest BCUT2D eigenvalue weighted by molar-refractivity contribution is 7.89. The molecule has 0 amide bonds. The van der Waals surface area contributed by atoms with Gasteiger partial charge in [0.05, 0.1) is 4.90 Å². The molecule has 9 heteroatoms. The summed E-state index contributed by atoms with van der Waals surface area (Å²) >= 11 is 0. The molecule has 8 nitrogen and oxygen atoms in total. The van der Waals surface area contributed by atoms with Gasteiger partial charge in [-0.1, -0.05) is 36.4 Å². The highest BCUT2D eigenvalue weighted by atomic mass is 32.2. The van der Waals surface area contributed by atoms with Gasteiger partial charge in [-0.3, -0.25) is 0 Å². The number of sulfonamides is 1. The first-order valence-electron chi connectivity index (χ1n) is 8.88. The fraction of sp³-hybridized carbons (Fsp3) is 0.316. The van der Waals surface area contributed by atoms with E-state index in [-0.39, 0.29) is 16.3 Å². The van der Waals surface area contributed by atoms with Gasteiger partial charge in [0.15, 0.2) is 5.84 Å². The van der Waals surface area contributed by atoms with Gasteiger partial charge in [-0.2, -0.15) is 5.10 Å². The van der Waals surface area contributed by atoms with Crippen molar-refractivity contribution in [1.29, 1.82) is 0 Å². The van der Waals surface area contributed by atoms with Gasteiger partial charge in [0.25, 0.3) is 0 Å². The summed E-state index contributed by atoms with van der Waals surface area (Å²) in [5.41, 5.74) is 8.60. The van der Waals surface area contributed by atoms with Crippen molar-refractivity contribution in [3.63, 3.8) is 0 Å². The number of nitrogens with zero attached hydrogens (tertiary/aromatic N) is 2. The summed E-state index contributed by atoms with van der Waals surface area (Å²) in [5, 5.41) is 12.2. The molecule has 0 bridgehead atoms. The Morgan fingerprint density at radius 3 is 2.39 bits per heavy atom. The van der Waals surface area contributed by atoms with Gasteiger partial charge in [-0.15, -0.1) is 0 Å². The number of primary sulfonamides is 1. The molecule has 0 saturated heterocycles. The van der Waals surface area contributed by atoms with Crippen LogP contribution in [0.2, 0.25) is 0 Å². The van der Waals surface area contributed by atoms with Gasteiger partial charge in [-0.25, -0.2) is 13.6 Å². The lowest BCUT2D eigenvalue weighted by Gasteiger charge is -2.14. The van der Waals surface area contributed by atoms with Crippen molar-refractivity contribution in [2.45, 2.75) is 17.9 Å². The van der Waals surface area contributed by atoms with Crippen LogP contribution in [0.4, 0.5) is 0 Å². The molecule has 0 saturated carbocycles. The van der Waals surface area contributed by atoms with Gasteiger partial charge < -0.3 is 21.8 Å². The van der Waals surface area contributed by atoms with E-state index in [9.17, 15) is 8.42 Å². The van der Waals surface area contributed by atoms with Crippen molar-refractivity contribution in [2.24, 2.45) is 21.8 Å². The van der Waals surface area contributed by atoms with Gasteiger partial charge in [0, 0.05) is 12.1 Å². The molecule has 0 fully saturated rings. The first kappa shape index (κ1) is 21.8. The minimum absolute atomic E-state index is 0.0914. The minimum Gasteiger partial charge on any atom is -0.382 e. The summed E-state index contributed by atoms with van der Waals surface area (Å²) in [6, 6.07) is 12.5. The molecule has 7 N–H and O–H groups in total. The van der Waals surface area contributed by atoms with Crippen LogP contribution >= 0.6 is 0 Å². The lowest BCUT2D eigenvalue weighted by molar-refractivity contribution is 0.394. The highest BCUT2D eigenvalue weighted by Gasteiger charge is 2.20. The molecule has 0 aliphatic rings. The molecular formula is C19H28N6O2S. The van der Waals surface area contributed by atoms with Crippen LogP contribution < -0.4 is 22.0 Å². The zero-order chi connectivity index (χ0) is 20.7. The quantitative estimate of drug-likeness (QED) is 0.159. The van der Waals surface area contributed by atoms with E-state index >= 15 is 0 Å². The van der Waals surface area contributed by atoms with Crippen LogP contribution in [0, 0.1) is 0 Å². The van der Waals surface area contributed by atoms with Crippen molar-refractivity contribution < 1.29 is 8.42 Å². The molecule has 0 aromatic heterocycles. The normalized spacial score (nSPS) is 12.5. The molecule has 0 heterocycles. The fourth-order valence-corrected chi connectivity index (χ4v) is 3.66. The fourth-order valence-electron chi connectivity index (χ4n) is 2.89. The van der Waals surface area contributed by atoms with Crippen molar-refractivity contribution >= 4 is 15.9 Å². The summed E-state index contributed by atoms with van der Waals surface area (Å²) in [5.74, 6) is 5.21. The Kier molecular flexibility index (Phi) is 7.53. The van der Waals surface area contributed by atoms with E-state index in [4.69, 9.17) is 16.7 Å². The average Bonchev–Trinajstić information content (AvgIpc) is 2.66. The third-order valence-electron chi connectivity index (χ3n) is 4.28. The lowest BCUT2D eigenvalue weighted by atomic mass is 9.98. The smallest absolute Gasteiger partial charge is 0.238 e. The molecule has 152 valence electrons. The average molecular weight is 405 g/mol. The van der Waals surface area contributed by atoms with Gasteiger partial charge >= 0.3 is 0 Å². The van der Waals surface area contributed by atoms with Crippen molar-refractivity contribution in [1.82, 2.24) is 10.2 Å². The number of rotatable bonds is 9. The number of nitrogens with two attached hydrogens (primary N) is 3. The third-order valence-corrected chi connectivity index (χ3v) is 5.23. The van der Waals surface area contributed by atoms with E-state index in [1.165, 1.54) is 6.07 Å². The predicted octanol–water partition coefficient (Wildman–Crippen LogP) is 0.621. The molecule has 0 atom stereocenters. The van der Waals surface area contributed by atoms with Gasteiger partial charge in [0.2, 0.25) is 10.0 Å². The molecule has 0 aliphatic heterocycles. The van der Waals surface area contributed by atoms with E-state index in [1.54, 1.807) is 12.1 Å². The largest absolute Gasteiger partial charge is 0.382 e. The number of amidine groups is 1. The number of hydrogen-bond donors (Lipinski definition) is 4. The summed E-state index contributed by atoms with van der Waals surface area (Å²) in [7, 11) is 0.130. The van der Waals surface area contributed by atoms with Gasteiger partial charge in [0.1, 0.15) is 0 Å². The number of benzene rings is 2. The second kappa shape index (κ2) is 9.65. The van der Waals surface area contributed by atoms with Crippen LogP contribution in [0.5, 0.6) is 0 Å². The van der Waals surface area contributed by atoms with E-state index in [0.717, 1.165) is 37.2 Å². The third kappa shape index (κ3) is 5.77. The highest BCUT2D eigenvalue weighted by Crippen LogP contribution is 2.28. The van der Waals surface area contributed by atoms with Crippen LogP contribution in [0.1, 0.15) is 17.5 Å². The van der Waals surface area contributed by atoms with Crippen LogP contribution in [-0.2, 0) is 16.6 Å². The Morgan fingerprint density at radius 1 is 1.14 bits per heavy atom. The van der Waals surface area contributed by atoms with E-state index in [2.05, 4.69) is 29.4 Å². The SMILES string of the molecule is CN(C)CCCNCc1ccc(-c2cccc(S(N)(=O)=O)c2/C(N)=N/N)cc1. The molecular weight excluding hydrogens is 376 g/mol. The maximum atomic E-state index is 11.9. The Morgan fingerprint density at radius 2 is 1.82 bits per heavy atom. The Hall–Kier alpha value is -2.46. The van der Waals surface area contributed by atoms with Crippen LogP contribution in [0.25, 0.3) is 11.1 Å². The summed E-state index contributed by atoms with van der Waals surface area (Å²) in [6.45, 7) is 2.73. The number of nitrogens with one attached hydrogen (secondary N) is 1. The second-order valence-electron chi connectivity index (χ2n) is 6.77. The minimum atomic E-state index is -3.98. The zero-order valence-corrected chi connectivity index (χ0v) is 17.0. The maximum Gasteiger partial charge on any atom is 0.238 e. The monoisotopic (exact) mass is 404 g/mol. The first-order chi connectivity index (χ1) is 13.2. The predicted molar refractivity (Wildman–Crippen MR) is 113 cm³/mol. The van der Waals surface area contributed by atoms with Crippen LogP contribution in [-0.4, -0.2) is 46.3 Å². The standard InChI is InChI=1S/C19H28N6O2S/c1-25(2)12-4-11-23-13-14-7-9-15(10-8-14)16-5-3-6-17(28(22,26)27)18(16)19(20)24-21/h3,5-10,23H,4,11-13,21H2,1-2H3,(H2,20,24)(H2,22,26,27). The molecule has 2 aromatic rings. The summed E-state index contributed by atoms with van der Waals surface area (Å²) in [6.07, 6.45) is 1.08. The first-order valence-corrected chi connectivity index (χ1v) is 10.4.